The van der Waals surface area contributed by atoms with E-state index in [1.54, 1.807) is 12.1 Å². The molecule has 2 aromatic rings. The molecule has 0 amide bonds. The Kier molecular flexibility index (Phi) is 4.61. The van der Waals surface area contributed by atoms with Crippen LogP contribution in [0.4, 0.5) is 13.2 Å². The van der Waals surface area contributed by atoms with Gasteiger partial charge >= 0.3 is 6.18 Å². The van der Waals surface area contributed by atoms with Crippen LogP contribution < -0.4 is 0 Å². The minimum atomic E-state index is -4.26. The van der Waals surface area contributed by atoms with Gasteiger partial charge in [-0.1, -0.05) is 54.6 Å². The van der Waals surface area contributed by atoms with Gasteiger partial charge in [-0.25, -0.2) is 0 Å². The molecule has 2 rings (SSSR count). The third-order valence-electron chi connectivity index (χ3n) is 2.99. The van der Waals surface area contributed by atoms with E-state index in [9.17, 15) is 13.2 Å². The molecular weight excluding hydrogens is 261 g/mol. The highest BCUT2D eigenvalue weighted by Gasteiger charge is 2.29. The number of benzene rings is 2. The van der Waals surface area contributed by atoms with Crippen molar-refractivity contribution in [3.05, 3.63) is 77.4 Å². The van der Waals surface area contributed by atoms with Crippen molar-refractivity contribution in [2.24, 2.45) is 0 Å². The van der Waals surface area contributed by atoms with Gasteiger partial charge in [-0.15, -0.1) is 0 Å². The predicted octanol–water partition coefficient (Wildman–Crippen LogP) is 5.35. The lowest BCUT2D eigenvalue weighted by atomic mass is 10.1. The fraction of sp³-hybridized carbons (Fsp3) is 0.176. The number of rotatable bonds is 4. The van der Waals surface area contributed by atoms with E-state index >= 15 is 0 Å². The van der Waals surface area contributed by atoms with Crippen LogP contribution in [0.3, 0.4) is 0 Å². The molecule has 2 aromatic carbocycles. The Bertz CT molecular complexity index is 551. The zero-order valence-corrected chi connectivity index (χ0v) is 10.9. The number of alkyl halides is 3. The van der Waals surface area contributed by atoms with Crippen molar-refractivity contribution >= 4 is 6.08 Å². The van der Waals surface area contributed by atoms with Crippen LogP contribution in [0.25, 0.3) is 6.08 Å². The molecule has 20 heavy (non-hydrogen) atoms. The summed E-state index contributed by atoms with van der Waals surface area (Å²) in [5.41, 5.74) is 1.44. The van der Waals surface area contributed by atoms with E-state index in [1.165, 1.54) is 0 Å². The number of aryl methyl sites for hydroxylation is 1. The van der Waals surface area contributed by atoms with Crippen LogP contribution in [0.1, 0.15) is 23.1 Å². The maximum Gasteiger partial charge on any atom is 0.416 e. The maximum atomic E-state index is 12.4. The highest BCUT2D eigenvalue weighted by atomic mass is 19.4. The van der Waals surface area contributed by atoms with Gasteiger partial charge in [0.25, 0.3) is 0 Å². The lowest BCUT2D eigenvalue weighted by Gasteiger charge is -2.06. The second kappa shape index (κ2) is 6.42. The standard InChI is InChI=1S/C17H15F3/c18-17(19,20)16-12-10-15(11-13-16)9-5-4-8-14-6-2-1-3-7-14/h1-4,6-8,10-13H,5,9H2. The van der Waals surface area contributed by atoms with Gasteiger partial charge in [-0.2, -0.15) is 13.2 Å². The second-order valence-corrected chi connectivity index (χ2v) is 4.55. The smallest absolute Gasteiger partial charge is 0.166 e. The molecule has 0 aliphatic rings. The lowest BCUT2D eigenvalue weighted by molar-refractivity contribution is -0.137. The summed E-state index contributed by atoms with van der Waals surface area (Å²) < 4.78 is 37.2. The minimum Gasteiger partial charge on any atom is -0.166 e. The number of hydrogen-bond donors (Lipinski definition) is 0. The van der Waals surface area contributed by atoms with Crippen LogP contribution >= 0.6 is 0 Å². The van der Waals surface area contributed by atoms with Gasteiger partial charge in [0, 0.05) is 0 Å². The van der Waals surface area contributed by atoms with Crippen molar-refractivity contribution in [3.63, 3.8) is 0 Å². The van der Waals surface area contributed by atoms with E-state index in [4.69, 9.17) is 0 Å². The summed E-state index contributed by atoms with van der Waals surface area (Å²) in [6, 6.07) is 15.3. The van der Waals surface area contributed by atoms with Gasteiger partial charge in [-0.3, -0.25) is 0 Å². The molecule has 0 fully saturated rings. The number of allylic oxidation sites excluding steroid dienone is 1. The Morgan fingerprint density at radius 1 is 0.850 bits per heavy atom. The Morgan fingerprint density at radius 3 is 2.10 bits per heavy atom. The molecule has 0 aliphatic carbocycles. The van der Waals surface area contributed by atoms with E-state index in [2.05, 4.69) is 0 Å². The normalized spacial score (nSPS) is 11.9. The van der Waals surface area contributed by atoms with Crippen LogP contribution in [0.2, 0.25) is 0 Å². The van der Waals surface area contributed by atoms with Crippen molar-refractivity contribution in [1.29, 1.82) is 0 Å². The Balaban J connectivity index is 1.87. The first-order valence-corrected chi connectivity index (χ1v) is 6.43. The van der Waals surface area contributed by atoms with Crippen molar-refractivity contribution in [1.82, 2.24) is 0 Å². The van der Waals surface area contributed by atoms with E-state index in [1.807, 2.05) is 42.5 Å². The Morgan fingerprint density at radius 2 is 1.50 bits per heavy atom. The summed E-state index contributed by atoms with van der Waals surface area (Å²) in [5, 5.41) is 0. The van der Waals surface area contributed by atoms with Crippen LogP contribution in [0.15, 0.2) is 60.7 Å². The van der Waals surface area contributed by atoms with Gasteiger partial charge in [0.15, 0.2) is 0 Å². The molecule has 0 aliphatic heterocycles. The van der Waals surface area contributed by atoms with Crippen LogP contribution in [-0.4, -0.2) is 0 Å². The third kappa shape index (κ3) is 4.26. The summed E-state index contributed by atoms with van der Waals surface area (Å²) in [7, 11) is 0. The molecule has 0 unspecified atom stereocenters. The van der Waals surface area contributed by atoms with E-state index in [-0.39, 0.29) is 0 Å². The first-order valence-electron chi connectivity index (χ1n) is 6.43. The van der Waals surface area contributed by atoms with E-state index in [0.29, 0.717) is 0 Å². The van der Waals surface area contributed by atoms with Crippen LogP contribution in [0.5, 0.6) is 0 Å². The lowest BCUT2D eigenvalue weighted by Crippen LogP contribution is -2.04. The molecule has 0 saturated carbocycles. The van der Waals surface area contributed by atoms with Crippen molar-refractivity contribution in [2.45, 2.75) is 19.0 Å². The predicted molar refractivity (Wildman–Crippen MR) is 75.2 cm³/mol. The number of halogens is 3. The third-order valence-corrected chi connectivity index (χ3v) is 2.99. The Hall–Kier alpha value is -2.03. The summed E-state index contributed by atoms with van der Waals surface area (Å²) in [5.74, 6) is 0. The summed E-state index contributed by atoms with van der Waals surface area (Å²) in [4.78, 5) is 0. The molecular formula is C17H15F3. The van der Waals surface area contributed by atoms with Crippen LogP contribution in [0, 0.1) is 0 Å². The molecule has 0 saturated heterocycles. The molecule has 0 radical (unpaired) electrons. The summed E-state index contributed by atoms with van der Waals surface area (Å²) in [6.45, 7) is 0. The van der Waals surface area contributed by atoms with E-state index < -0.39 is 11.7 Å². The molecule has 0 nitrogen and oxygen atoms in total. The van der Waals surface area contributed by atoms with Gasteiger partial charge in [0.05, 0.1) is 5.56 Å². The molecule has 0 spiro atoms. The molecule has 0 aromatic heterocycles. The van der Waals surface area contributed by atoms with Gasteiger partial charge in [0.1, 0.15) is 0 Å². The van der Waals surface area contributed by atoms with Gasteiger partial charge in [-0.05, 0) is 36.1 Å². The van der Waals surface area contributed by atoms with Gasteiger partial charge in [0.2, 0.25) is 0 Å². The van der Waals surface area contributed by atoms with Crippen molar-refractivity contribution in [3.8, 4) is 0 Å². The van der Waals surface area contributed by atoms with Gasteiger partial charge < -0.3 is 0 Å². The monoisotopic (exact) mass is 276 g/mol. The summed E-state index contributed by atoms with van der Waals surface area (Å²) >= 11 is 0. The van der Waals surface area contributed by atoms with Crippen molar-refractivity contribution < 1.29 is 13.2 Å². The average Bonchev–Trinajstić information content (AvgIpc) is 2.44. The molecule has 0 bridgehead atoms. The molecule has 3 heteroatoms. The first kappa shape index (κ1) is 14.4. The van der Waals surface area contributed by atoms with Crippen LogP contribution in [-0.2, 0) is 12.6 Å². The zero-order chi connectivity index (χ0) is 14.4. The Labute approximate surface area is 116 Å². The van der Waals surface area contributed by atoms with E-state index in [0.717, 1.165) is 36.1 Å². The van der Waals surface area contributed by atoms with Crippen molar-refractivity contribution in [2.75, 3.05) is 0 Å². The molecule has 104 valence electrons. The topological polar surface area (TPSA) is 0 Å². The molecule has 0 atom stereocenters. The molecule has 0 heterocycles. The SMILES string of the molecule is FC(F)(F)c1ccc(CCC=Cc2ccccc2)cc1. The minimum absolute atomic E-state index is 0.596. The summed E-state index contributed by atoms with van der Waals surface area (Å²) in [6.07, 6.45) is 1.34. The second-order valence-electron chi connectivity index (χ2n) is 4.55. The number of hydrogen-bond acceptors (Lipinski definition) is 0. The first-order chi connectivity index (χ1) is 9.55. The quantitative estimate of drug-likeness (QED) is 0.706. The molecule has 0 N–H and O–H groups in total. The fourth-order valence-electron chi connectivity index (χ4n) is 1.89. The maximum absolute atomic E-state index is 12.4. The highest BCUT2D eigenvalue weighted by Crippen LogP contribution is 2.29. The largest absolute Gasteiger partial charge is 0.416 e. The zero-order valence-electron chi connectivity index (χ0n) is 10.9. The average molecular weight is 276 g/mol. The highest BCUT2D eigenvalue weighted by molar-refractivity contribution is 5.48. The fourth-order valence-corrected chi connectivity index (χ4v) is 1.89.